The highest BCUT2D eigenvalue weighted by Gasteiger charge is 2.69. The molecule has 1 amide bonds. The van der Waals surface area contributed by atoms with Gasteiger partial charge >= 0.3 is 6.18 Å². The van der Waals surface area contributed by atoms with E-state index >= 15 is 0 Å². The molecule has 33 heavy (non-hydrogen) atoms. The molecule has 1 N–H and O–H groups in total. The molecule has 2 aromatic heterocycles. The van der Waals surface area contributed by atoms with Gasteiger partial charge in [-0.15, -0.1) is 4.80 Å². The first-order chi connectivity index (χ1) is 15.8. The maximum Gasteiger partial charge on any atom is 0.434 e. The van der Waals surface area contributed by atoms with Crippen molar-refractivity contribution in [2.24, 2.45) is 17.8 Å². The predicted octanol–water partition coefficient (Wildman–Crippen LogP) is 2.79. The Kier molecular flexibility index (Phi) is 4.23. The van der Waals surface area contributed by atoms with Gasteiger partial charge in [-0.05, 0) is 36.3 Å². The Bertz CT molecular complexity index is 1210. The van der Waals surface area contributed by atoms with Gasteiger partial charge < -0.3 is 10.2 Å². The summed E-state index contributed by atoms with van der Waals surface area (Å²) < 4.78 is 52.9. The van der Waals surface area contributed by atoms with Gasteiger partial charge in [-0.2, -0.15) is 23.4 Å². The van der Waals surface area contributed by atoms with Crippen LogP contribution in [0.5, 0.6) is 0 Å². The molecule has 0 bridgehead atoms. The molecule has 3 heterocycles. The summed E-state index contributed by atoms with van der Waals surface area (Å²) in [5.74, 6) is 0.436. The van der Waals surface area contributed by atoms with E-state index in [4.69, 9.17) is 0 Å². The van der Waals surface area contributed by atoms with E-state index in [1.165, 1.54) is 24.5 Å². The quantitative estimate of drug-likeness (QED) is 0.604. The van der Waals surface area contributed by atoms with Crippen LogP contribution in [0.1, 0.15) is 22.5 Å². The van der Waals surface area contributed by atoms with E-state index in [-0.39, 0.29) is 35.1 Å². The largest absolute Gasteiger partial charge is 0.434 e. The van der Waals surface area contributed by atoms with Crippen LogP contribution in [0.2, 0.25) is 0 Å². The highest BCUT2D eigenvalue weighted by Crippen LogP contribution is 2.64. The first-order valence-electron chi connectivity index (χ1n) is 10.4. The third-order valence-electron chi connectivity index (χ3n) is 6.87. The van der Waals surface area contributed by atoms with Crippen LogP contribution in [0.3, 0.4) is 0 Å². The Morgan fingerprint density at radius 2 is 1.88 bits per heavy atom. The van der Waals surface area contributed by atoms with Crippen LogP contribution >= 0.6 is 0 Å². The molecule has 8 nitrogen and oxygen atoms in total. The van der Waals surface area contributed by atoms with Crippen molar-refractivity contribution in [1.82, 2.24) is 29.9 Å². The van der Waals surface area contributed by atoms with Gasteiger partial charge in [0.1, 0.15) is 11.5 Å². The van der Waals surface area contributed by atoms with Crippen LogP contribution in [0, 0.1) is 23.6 Å². The summed E-state index contributed by atoms with van der Waals surface area (Å²) >= 11 is 0. The van der Waals surface area contributed by atoms with Gasteiger partial charge in [0, 0.05) is 12.6 Å². The molecule has 1 saturated heterocycles. The number of anilines is 1. The van der Waals surface area contributed by atoms with Gasteiger partial charge in [0.25, 0.3) is 5.91 Å². The molecule has 3 fully saturated rings. The smallest absolute Gasteiger partial charge is 0.364 e. The molecule has 1 aromatic carbocycles. The molecule has 0 spiro atoms. The maximum atomic E-state index is 14.6. The standard InChI is InChI=1S/C21H17F4N7O/c22-13-3-1-2-10(18(13)32-28-4-5-29-32)20(33)31-9-12-11-6-14(19(31)17(11)12)30-16-8-26-15(7-27-16)21(23,24)25/h1-5,7-8,11-12,14,17,19H,6,9H2,(H,27,30). The monoisotopic (exact) mass is 459 g/mol. The highest BCUT2D eigenvalue weighted by molar-refractivity contribution is 5.98. The van der Waals surface area contributed by atoms with Crippen LogP contribution in [-0.4, -0.2) is 54.4 Å². The molecule has 6 rings (SSSR count). The van der Waals surface area contributed by atoms with Gasteiger partial charge in [-0.3, -0.25) is 4.79 Å². The van der Waals surface area contributed by atoms with E-state index in [9.17, 15) is 22.4 Å². The molecule has 2 aliphatic carbocycles. The number of alkyl halides is 3. The molecule has 1 aliphatic heterocycles. The lowest BCUT2D eigenvalue weighted by Gasteiger charge is -2.30. The molecule has 3 aromatic rings. The van der Waals surface area contributed by atoms with Crippen LogP contribution in [-0.2, 0) is 6.18 Å². The van der Waals surface area contributed by atoms with Crippen molar-refractivity contribution >= 4 is 11.7 Å². The molecule has 5 atom stereocenters. The summed E-state index contributed by atoms with van der Waals surface area (Å²) in [6, 6.07) is 3.91. The average molecular weight is 459 g/mol. The zero-order chi connectivity index (χ0) is 22.9. The van der Waals surface area contributed by atoms with E-state index in [1.807, 2.05) is 0 Å². The van der Waals surface area contributed by atoms with Crippen molar-refractivity contribution in [3.63, 3.8) is 0 Å². The summed E-state index contributed by atoms with van der Waals surface area (Å²) in [5, 5.41) is 11.1. The fourth-order valence-electron chi connectivity index (χ4n) is 5.52. The third kappa shape index (κ3) is 3.15. The topological polar surface area (TPSA) is 88.8 Å². The summed E-state index contributed by atoms with van der Waals surface area (Å²) in [6.07, 6.45) is 0.766. The van der Waals surface area contributed by atoms with Crippen molar-refractivity contribution < 1.29 is 22.4 Å². The molecule has 0 radical (unpaired) electrons. The van der Waals surface area contributed by atoms with Crippen molar-refractivity contribution in [3.8, 4) is 5.69 Å². The first-order valence-corrected chi connectivity index (χ1v) is 10.4. The van der Waals surface area contributed by atoms with E-state index in [0.29, 0.717) is 30.5 Å². The van der Waals surface area contributed by atoms with Crippen molar-refractivity contribution in [1.29, 1.82) is 0 Å². The lowest BCUT2D eigenvalue weighted by atomic mass is 10.1. The van der Waals surface area contributed by atoms with Crippen molar-refractivity contribution in [2.75, 3.05) is 11.9 Å². The van der Waals surface area contributed by atoms with Crippen LogP contribution in [0.4, 0.5) is 23.4 Å². The number of rotatable bonds is 4. The molecular formula is C21H17F4N7O. The van der Waals surface area contributed by atoms with Crippen LogP contribution in [0.15, 0.2) is 43.0 Å². The zero-order valence-electron chi connectivity index (χ0n) is 16.9. The highest BCUT2D eigenvalue weighted by atomic mass is 19.4. The number of nitrogens with one attached hydrogen (secondary N) is 1. The second kappa shape index (κ2) is 6.96. The second-order valence-corrected chi connectivity index (χ2v) is 8.58. The van der Waals surface area contributed by atoms with E-state index in [1.54, 1.807) is 11.0 Å². The predicted molar refractivity (Wildman–Crippen MR) is 106 cm³/mol. The minimum Gasteiger partial charge on any atom is -0.364 e. The lowest BCUT2D eigenvalue weighted by Crippen LogP contribution is -2.45. The Morgan fingerprint density at radius 1 is 1.09 bits per heavy atom. The van der Waals surface area contributed by atoms with Crippen LogP contribution in [0.25, 0.3) is 5.69 Å². The zero-order valence-corrected chi connectivity index (χ0v) is 16.9. The molecule has 5 unspecified atom stereocenters. The Morgan fingerprint density at radius 3 is 2.58 bits per heavy atom. The van der Waals surface area contributed by atoms with Crippen molar-refractivity contribution in [3.05, 3.63) is 60.1 Å². The van der Waals surface area contributed by atoms with Gasteiger partial charge in [-0.25, -0.2) is 14.4 Å². The summed E-state index contributed by atoms with van der Waals surface area (Å²) in [7, 11) is 0. The number of hydrogen-bond donors (Lipinski definition) is 1. The number of carbonyl (C=O) groups is 1. The molecule has 170 valence electrons. The van der Waals surface area contributed by atoms with Gasteiger partial charge in [0.2, 0.25) is 0 Å². The average Bonchev–Trinajstić information content (AvgIpc) is 3.17. The summed E-state index contributed by atoms with van der Waals surface area (Å²) in [4.78, 5) is 23.6. The van der Waals surface area contributed by atoms with E-state index in [2.05, 4.69) is 25.5 Å². The first kappa shape index (κ1) is 20.1. The number of benzene rings is 1. The molecule has 3 aliphatic rings. The number of fused-ring (bicyclic) bond motifs is 1. The fraction of sp³-hybridized carbons (Fsp3) is 0.381. The number of likely N-dealkylation sites (tertiary alicyclic amines) is 1. The fourth-order valence-corrected chi connectivity index (χ4v) is 5.52. The second-order valence-electron chi connectivity index (χ2n) is 8.58. The number of aromatic nitrogens is 5. The van der Waals surface area contributed by atoms with Crippen LogP contribution < -0.4 is 5.32 Å². The number of nitrogens with zero attached hydrogens (tertiary/aromatic N) is 6. The summed E-state index contributed by atoms with van der Waals surface area (Å²) in [5.41, 5.74) is -0.921. The van der Waals surface area contributed by atoms with E-state index < -0.39 is 17.7 Å². The normalized spacial score (nSPS) is 27.5. The Hall–Kier alpha value is -3.57. The number of piperidine rings is 1. The SMILES string of the molecule is O=C(c1cccc(F)c1-n1nccn1)N1CC2C3CC(Nc4cnc(C(F)(F)F)cn4)C1C32. The third-order valence-corrected chi connectivity index (χ3v) is 6.87. The minimum absolute atomic E-state index is 0.0132. The summed E-state index contributed by atoms with van der Waals surface area (Å²) in [6.45, 7) is 0.554. The number of amides is 1. The Balaban J connectivity index is 1.26. The lowest BCUT2D eigenvalue weighted by molar-refractivity contribution is -0.141. The number of para-hydroxylation sites is 1. The van der Waals surface area contributed by atoms with Crippen molar-refractivity contribution in [2.45, 2.75) is 24.7 Å². The minimum atomic E-state index is -4.56. The molecule has 2 saturated carbocycles. The number of carbonyl (C=O) groups excluding carboxylic acids is 1. The van der Waals surface area contributed by atoms with Gasteiger partial charge in [0.05, 0.1) is 36.4 Å². The number of hydrogen-bond acceptors (Lipinski definition) is 6. The van der Waals surface area contributed by atoms with Gasteiger partial charge in [0.15, 0.2) is 11.5 Å². The number of halogens is 4. The van der Waals surface area contributed by atoms with Gasteiger partial charge in [-0.1, -0.05) is 6.07 Å². The maximum absolute atomic E-state index is 14.6. The molecule has 12 heteroatoms. The van der Waals surface area contributed by atoms with E-state index in [0.717, 1.165) is 17.4 Å². The molecular weight excluding hydrogens is 442 g/mol. The Labute approximate surface area is 184 Å².